The lowest BCUT2D eigenvalue weighted by Crippen LogP contribution is -2.76. The van der Waals surface area contributed by atoms with Gasteiger partial charge >= 0.3 is 6.18 Å². The van der Waals surface area contributed by atoms with E-state index in [1.54, 1.807) is 0 Å². The lowest BCUT2D eigenvalue weighted by Gasteiger charge is -2.67. The molecule has 0 aromatic heterocycles. The zero-order valence-electron chi connectivity index (χ0n) is 13.8. The fourth-order valence-corrected chi connectivity index (χ4v) is 5.40. The molecular weight excluding hydrogens is 409 g/mol. The summed E-state index contributed by atoms with van der Waals surface area (Å²) >= 11 is 3.39. The van der Waals surface area contributed by atoms with Gasteiger partial charge < -0.3 is 14.6 Å². The summed E-state index contributed by atoms with van der Waals surface area (Å²) in [4.78, 5) is 12.4. The average molecular weight is 424 g/mol. The highest BCUT2D eigenvalue weighted by Crippen LogP contribution is 2.64. The minimum atomic E-state index is -4.66. The van der Waals surface area contributed by atoms with Gasteiger partial charge in [0.05, 0.1) is 40.9 Å². The van der Waals surface area contributed by atoms with Crippen LogP contribution in [0, 0.1) is 0 Å². The van der Waals surface area contributed by atoms with Crippen molar-refractivity contribution < 1.29 is 31.5 Å². The van der Waals surface area contributed by atoms with Crippen LogP contribution < -0.4 is 9.62 Å². The van der Waals surface area contributed by atoms with Gasteiger partial charge in [0.15, 0.2) is 0 Å². The first kappa shape index (κ1) is 19.0. The maximum Gasteiger partial charge on any atom is 0.416 e. The summed E-state index contributed by atoms with van der Waals surface area (Å²) < 4.78 is 68.6. The third kappa shape index (κ3) is 3.22. The molecule has 4 aliphatic rings. The van der Waals surface area contributed by atoms with Crippen molar-refractivity contribution in [1.29, 1.82) is 0 Å². The van der Waals surface area contributed by atoms with Crippen LogP contribution in [0.3, 0.4) is 0 Å². The van der Waals surface area contributed by atoms with Crippen LogP contribution in [-0.4, -0.2) is 44.3 Å². The lowest BCUT2D eigenvalue weighted by atomic mass is 9.49. The van der Waals surface area contributed by atoms with Gasteiger partial charge in [0.2, 0.25) is 0 Å². The summed E-state index contributed by atoms with van der Waals surface area (Å²) in [5.74, 6) is -0.745. The van der Waals surface area contributed by atoms with Crippen molar-refractivity contribution in [3.63, 3.8) is 0 Å². The zero-order valence-corrected chi connectivity index (χ0v) is 15.4. The standard InChI is InChI=1S/C16H16ClF3N2O4S/c17-14-6-15(7-14,8-14)21-13(23)11-3-9(16(18,19)20)1-2-12(11)22(27(24)25)10-4-26-5-10/h1-3,10H,4-8H2,(H,21,23)(H,24,25)/p-1. The molecule has 1 unspecified atom stereocenters. The van der Waals surface area contributed by atoms with Crippen molar-refractivity contribution in [3.8, 4) is 0 Å². The molecule has 6 nitrogen and oxygen atoms in total. The van der Waals surface area contributed by atoms with Crippen molar-refractivity contribution in [2.75, 3.05) is 17.5 Å². The number of rotatable bonds is 5. The SMILES string of the molecule is O=C(NC12CC(Cl)(C1)C2)c1cc(C(F)(F)F)ccc1N(C1COC1)S(=O)[O-]. The van der Waals surface area contributed by atoms with Crippen LogP contribution in [0.4, 0.5) is 18.9 Å². The molecule has 5 rings (SSSR count). The molecule has 148 valence electrons. The molecular formula is C16H15ClF3N2O4S-. The van der Waals surface area contributed by atoms with Crippen molar-refractivity contribution >= 4 is 34.5 Å². The van der Waals surface area contributed by atoms with Crippen LogP contribution in [0.2, 0.25) is 0 Å². The molecule has 1 atom stereocenters. The minimum Gasteiger partial charge on any atom is -0.755 e. The first-order chi connectivity index (χ1) is 12.5. The fourth-order valence-electron chi connectivity index (χ4n) is 3.95. The summed E-state index contributed by atoms with van der Waals surface area (Å²) in [7, 11) is 0. The minimum absolute atomic E-state index is 0.102. The molecule has 1 aromatic carbocycles. The van der Waals surface area contributed by atoms with Gasteiger partial charge in [-0.25, -0.2) is 0 Å². The van der Waals surface area contributed by atoms with E-state index in [1.165, 1.54) is 0 Å². The van der Waals surface area contributed by atoms with E-state index in [1.807, 2.05) is 0 Å². The van der Waals surface area contributed by atoms with E-state index < -0.39 is 40.5 Å². The van der Waals surface area contributed by atoms with E-state index in [0.29, 0.717) is 25.3 Å². The van der Waals surface area contributed by atoms with Gasteiger partial charge in [0.1, 0.15) is 0 Å². The van der Waals surface area contributed by atoms with Crippen molar-refractivity contribution in [1.82, 2.24) is 5.32 Å². The molecule has 1 heterocycles. The Hall–Kier alpha value is -1.36. The first-order valence-electron chi connectivity index (χ1n) is 8.21. The summed E-state index contributed by atoms with van der Waals surface area (Å²) in [5, 5.41) is 2.74. The topological polar surface area (TPSA) is 81.7 Å². The Labute approximate surface area is 160 Å². The third-order valence-electron chi connectivity index (χ3n) is 5.26. The summed E-state index contributed by atoms with van der Waals surface area (Å²) in [6.45, 7) is 0.212. The summed E-state index contributed by atoms with van der Waals surface area (Å²) in [5.41, 5.74) is -1.97. The molecule has 1 amide bonds. The number of ether oxygens (including phenoxy) is 1. The second-order valence-electron chi connectivity index (χ2n) is 7.38. The predicted octanol–water partition coefficient (Wildman–Crippen LogP) is 2.35. The van der Waals surface area contributed by atoms with E-state index in [4.69, 9.17) is 16.3 Å². The second kappa shape index (κ2) is 6.07. The van der Waals surface area contributed by atoms with E-state index in [2.05, 4.69) is 5.32 Å². The number of hydrogen-bond acceptors (Lipinski definition) is 4. The number of anilines is 1. The molecule has 11 heteroatoms. The molecule has 1 aromatic rings. The third-order valence-corrected chi connectivity index (χ3v) is 6.48. The first-order valence-corrected chi connectivity index (χ1v) is 9.62. The smallest absolute Gasteiger partial charge is 0.416 e. The second-order valence-corrected chi connectivity index (χ2v) is 9.01. The molecule has 1 saturated heterocycles. The van der Waals surface area contributed by atoms with Gasteiger partial charge in [-0.15, -0.1) is 11.6 Å². The van der Waals surface area contributed by atoms with Crippen molar-refractivity contribution in [2.45, 2.75) is 41.9 Å². The summed E-state index contributed by atoms with van der Waals surface area (Å²) in [6.07, 6.45) is -3.01. The van der Waals surface area contributed by atoms with Gasteiger partial charge in [0.25, 0.3) is 5.91 Å². The summed E-state index contributed by atoms with van der Waals surface area (Å²) in [6, 6.07) is 1.90. The van der Waals surface area contributed by atoms with Gasteiger partial charge in [-0.1, -0.05) is 0 Å². The Balaban J connectivity index is 1.69. The largest absolute Gasteiger partial charge is 0.755 e. The van der Waals surface area contributed by atoms with Crippen molar-refractivity contribution in [2.24, 2.45) is 0 Å². The quantitative estimate of drug-likeness (QED) is 0.582. The molecule has 0 radical (unpaired) electrons. The van der Waals surface area contributed by atoms with E-state index in [-0.39, 0.29) is 29.3 Å². The fraction of sp³-hybridized carbons (Fsp3) is 0.562. The highest BCUT2D eigenvalue weighted by Gasteiger charge is 2.68. The Morgan fingerprint density at radius 3 is 2.41 bits per heavy atom. The van der Waals surface area contributed by atoms with Crippen LogP contribution in [-0.2, 0) is 22.2 Å². The highest BCUT2D eigenvalue weighted by molar-refractivity contribution is 7.80. The number of halogens is 4. The highest BCUT2D eigenvalue weighted by atomic mass is 35.5. The maximum absolute atomic E-state index is 13.1. The van der Waals surface area contributed by atoms with Crippen LogP contribution in [0.15, 0.2) is 18.2 Å². The molecule has 0 spiro atoms. The van der Waals surface area contributed by atoms with Crippen LogP contribution >= 0.6 is 11.6 Å². The van der Waals surface area contributed by atoms with Gasteiger partial charge in [-0.2, -0.15) is 13.2 Å². The van der Waals surface area contributed by atoms with Gasteiger partial charge in [0, 0.05) is 16.8 Å². The molecule has 27 heavy (non-hydrogen) atoms. The van der Waals surface area contributed by atoms with Gasteiger partial charge in [-0.3, -0.25) is 13.3 Å². The Kier molecular flexibility index (Phi) is 4.26. The number of hydrogen-bond donors (Lipinski definition) is 1. The van der Waals surface area contributed by atoms with Crippen LogP contribution in [0.1, 0.15) is 35.2 Å². The number of nitrogens with zero attached hydrogens (tertiary/aromatic N) is 1. The zero-order chi connectivity index (χ0) is 19.6. The maximum atomic E-state index is 13.1. The number of amides is 1. The Morgan fingerprint density at radius 1 is 1.33 bits per heavy atom. The molecule has 2 bridgehead atoms. The lowest BCUT2D eigenvalue weighted by molar-refractivity contribution is -0.137. The number of nitrogens with one attached hydrogen (secondary N) is 1. The number of benzene rings is 1. The monoisotopic (exact) mass is 423 g/mol. The van der Waals surface area contributed by atoms with Crippen molar-refractivity contribution in [3.05, 3.63) is 29.3 Å². The normalized spacial score (nSPS) is 30.6. The number of carbonyl (C=O) groups excluding carboxylic acids is 1. The molecule has 1 N–H and O–H groups in total. The Bertz CT molecular complexity index is 811. The molecule has 3 aliphatic carbocycles. The van der Waals surface area contributed by atoms with Crippen LogP contribution in [0.5, 0.6) is 0 Å². The van der Waals surface area contributed by atoms with E-state index in [0.717, 1.165) is 16.4 Å². The van der Waals surface area contributed by atoms with Gasteiger partial charge in [-0.05, 0) is 37.5 Å². The van der Waals surface area contributed by atoms with E-state index in [9.17, 15) is 26.7 Å². The number of carbonyl (C=O) groups is 1. The Morgan fingerprint density at radius 2 is 1.96 bits per heavy atom. The molecule has 4 fully saturated rings. The van der Waals surface area contributed by atoms with Crippen LogP contribution in [0.25, 0.3) is 0 Å². The molecule has 1 aliphatic heterocycles. The average Bonchev–Trinajstić information content (AvgIpc) is 2.46. The predicted molar refractivity (Wildman–Crippen MR) is 90.1 cm³/mol. The number of alkyl halides is 4. The van der Waals surface area contributed by atoms with E-state index >= 15 is 0 Å². The molecule has 3 saturated carbocycles.